The van der Waals surface area contributed by atoms with Crippen LogP contribution in [-0.2, 0) is 13.1 Å². The minimum atomic E-state index is -0.892. The van der Waals surface area contributed by atoms with Crippen molar-refractivity contribution in [3.63, 3.8) is 0 Å². The van der Waals surface area contributed by atoms with Crippen molar-refractivity contribution in [3.05, 3.63) is 42.7 Å². The first-order valence-corrected chi connectivity index (χ1v) is 4.60. The Labute approximate surface area is 86.6 Å². The van der Waals surface area contributed by atoms with E-state index in [1.54, 1.807) is 31.0 Å². The molecule has 0 fully saturated rings. The molecule has 0 aliphatic carbocycles. The van der Waals surface area contributed by atoms with Gasteiger partial charge in [0, 0.05) is 37.9 Å². The van der Waals surface area contributed by atoms with Crippen LogP contribution in [0.15, 0.2) is 37.2 Å². The summed E-state index contributed by atoms with van der Waals surface area (Å²) in [6.07, 6.45) is 8.72. The maximum atomic E-state index is 10.6. The zero-order valence-corrected chi connectivity index (χ0v) is 8.08. The molecule has 0 aromatic carbocycles. The van der Waals surface area contributed by atoms with E-state index in [0.29, 0.717) is 5.56 Å². The smallest absolute Gasteiger partial charge is 0.337 e. The normalized spacial score (nSPS) is 10.4. The highest BCUT2D eigenvalue weighted by atomic mass is 16.4. The summed E-state index contributed by atoms with van der Waals surface area (Å²) in [4.78, 5) is 14.5. The number of hydrogen-bond donors (Lipinski definition) is 1. The summed E-state index contributed by atoms with van der Waals surface area (Å²) in [6, 6.07) is 1.59. The Morgan fingerprint density at radius 1 is 1.33 bits per heavy atom. The van der Waals surface area contributed by atoms with E-state index in [4.69, 9.17) is 5.11 Å². The number of aryl methyl sites for hydroxylation is 2. The molecule has 0 atom stereocenters. The fourth-order valence-corrected chi connectivity index (χ4v) is 1.36. The highest BCUT2D eigenvalue weighted by molar-refractivity contribution is 5.87. The summed E-state index contributed by atoms with van der Waals surface area (Å²) in [5.41, 5.74) is 0.320. The molecule has 2 aromatic heterocycles. The van der Waals surface area contributed by atoms with E-state index in [1.165, 1.54) is 0 Å². The van der Waals surface area contributed by atoms with E-state index < -0.39 is 5.97 Å². The number of imidazole rings is 1. The van der Waals surface area contributed by atoms with Gasteiger partial charge < -0.3 is 14.2 Å². The third-order valence-corrected chi connectivity index (χ3v) is 2.17. The van der Waals surface area contributed by atoms with Gasteiger partial charge in [0.1, 0.15) is 0 Å². The minimum Gasteiger partial charge on any atom is -0.478 e. The molecule has 0 saturated carbocycles. The summed E-state index contributed by atoms with van der Waals surface area (Å²) in [5, 5.41) is 8.72. The Morgan fingerprint density at radius 3 is 2.73 bits per heavy atom. The second-order valence-corrected chi connectivity index (χ2v) is 3.24. The Bertz CT molecular complexity index is 445. The number of carboxylic acids is 1. The first-order valence-electron chi connectivity index (χ1n) is 4.60. The molecule has 2 rings (SSSR count). The molecule has 2 heterocycles. The number of nitrogens with zero attached hydrogens (tertiary/aromatic N) is 3. The van der Waals surface area contributed by atoms with E-state index >= 15 is 0 Å². The SMILES string of the molecule is O=C(O)c1ccn(CCn2ccnc2)c1. The lowest BCUT2D eigenvalue weighted by Crippen LogP contribution is -2.04. The quantitative estimate of drug-likeness (QED) is 0.812. The van der Waals surface area contributed by atoms with Gasteiger partial charge in [-0.2, -0.15) is 0 Å². The first-order chi connectivity index (χ1) is 7.25. The van der Waals surface area contributed by atoms with Crippen LogP contribution in [0.2, 0.25) is 0 Å². The van der Waals surface area contributed by atoms with Crippen molar-refractivity contribution < 1.29 is 9.90 Å². The van der Waals surface area contributed by atoms with E-state index in [-0.39, 0.29) is 0 Å². The predicted molar refractivity (Wildman–Crippen MR) is 53.6 cm³/mol. The van der Waals surface area contributed by atoms with Crippen LogP contribution in [0.4, 0.5) is 0 Å². The summed E-state index contributed by atoms with van der Waals surface area (Å²) >= 11 is 0. The molecule has 0 aliphatic rings. The second kappa shape index (κ2) is 4.00. The molecule has 0 unspecified atom stereocenters. The molecule has 0 radical (unpaired) electrons. The molecule has 1 N–H and O–H groups in total. The van der Waals surface area contributed by atoms with Gasteiger partial charge in [-0.1, -0.05) is 0 Å². The van der Waals surface area contributed by atoms with Crippen LogP contribution < -0.4 is 0 Å². The molecule has 5 heteroatoms. The van der Waals surface area contributed by atoms with E-state index in [1.807, 2.05) is 15.3 Å². The zero-order chi connectivity index (χ0) is 10.7. The van der Waals surface area contributed by atoms with Gasteiger partial charge in [0.25, 0.3) is 0 Å². The molecule has 0 amide bonds. The third kappa shape index (κ3) is 2.25. The summed E-state index contributed by atoms with van der Waals surface area (Å²) in [5.74, 6) is -0.892. The lowest BCUT2D eigenvalue weighted by molar-refractivity contribution is 0.0697. The topological polar surface area (TPSA) is 60.0 Å². The van der Waals surface area contributed by atoms with Gasteiger partial charge in [-0.3, -0.25) is 0 Å². The van der Waals surface area contributed by atoms with Crippen molar-refractivity contribution in [2.75, 3.05) is 0 Å². The average Bonchev–Trinajstić information content (AvgIpc) is 2.86. The minimum absolute atomic E-state index is 0.320. The van der Waals surface area contributed by atoms with Crippen molar-refractivity contribution in [3.8, 4) is 0 Å². The fourth-order valence-electron chi connectivity index (χ4n) is 1.36. The van der Waals surface area contributed by atoms with Crippen LogP contribution in [0.25, 0.3) is 0 Å². The van der Waals surface area contributed by atoms with Gasteiger partial charge >= 0.3 is 5.97 Å². The Hall–Kier alpha value is -2.04. The molecule has 0 spiro atoms. The van der Waals surface area contributed by atoms with Gasteiger partial charge in [0.15, 0.2) is 0 Å². The number of aromatic carboxylic acids is 1. The number of aromatic nitrogens is 3. The Kier molecular flexibility index (Phi) is 2.53. The van der Waals surface area contributed by atoms with Crippen LogP contribution in [0, 0.1) is 0 Å². The summed E-state index contributed by atoms with van der Waals surface area (Å²) in [7, 11) is 0. The lowest BCUT2D eigenvalue weighted by atomic mass is 10.4. The van der Waals surface area contributed by atoms with Crippen LogP contribution >= 0.6 is 0 Å². The highest BCUT2D eigenvalue weighted by Gasteiger charge is 2.03. The van der Waals surface area contributed by atoms with Gasteiger partial charge in [0.05, 0.1) is 11.9 Å². The van der Waals surface area contributed by atoms with Crippen LogP contribution in [0.1, 0.15) is 10.4 Å². The third-order valence-electron chi connectivity index (χ3n) is 2.17. The monoisotopic (exact) mass is 205 g/mol. The molecule has 0 saturated heterocycles. The van der Waals surface area contributed by atoms with Crippen LogP contribution in [0.5, 0.6) is 0 Å². The number of hydrogen-bond acceptors (Lipinski definition) is 2. The predicted octanol–water partition coefficient (Wildman–Crippen LogP) is 1.08. The molecular weight excluding hydrogens is 194 g/mol. The largest absolute Gasteiger partial charge is 0.478 e. The summed E-state index contributed by atoms with van der Waals surface area (Å²) in [6.45, 7) is 1.53. The maximum absolute atomic E-state index is 10.6. The number of carboxylic acid groups (broad SMARTS) is 1. The molecule has 2 aromatic rings. The van der Waals surface area contributed by atoms with Gasteiger partial charge in [-0.25, -0.2) is 9.78 Å². The highest BCUT2D eigenvalue weighted by Crippen LogP contribution is 2.01. The molecular formula is C10H11N3O2. The molecule has 5 nitrogen and oxygen atoms in total. The Morgan fingerprint density at radius 2 is 2.13 bits per heavy atom. The maximum Gasteiger partial charge on any atom is 0.337 e. The zero-order valence-electron chi connectivity index (χ0n) is 8.08. The van der Waals surface area contributed by atoms with Crippen LogP contribution in [0.3, 0.4) is 0 Å². The lowest BCUT2D eigenvalue weighted by Gasteiger charge is -2.02. The second-order valence-electron chi connectivity index (χ2n) is 3.24. The van der Waals surface area contributed by atoms with E-state index in [9.17, 15) is 4.79 Å². The fraction of sp³-hybridized carbons (Fsp3) is 0.200. The van der Waals surface area contributed by atoms with E-state index in [0.717, 1.165) is 13.1 Å². The molecule has 78 valence electrons. The van der Waals surface area contributed by atoms with Crippen LogP contribution in [-0.4, -0.2) is 25.2 Å². The van der Waals surface area contributed by atoms with Crippen molar-refractivity contribution in [1.82, 2.24) is 14.1 Å². The van der Waals surface area contributed by atoms with Gasteiger partial charge in [-0.05, 0) is 6.07 Å². The van der Waals surface area contributed by atoms with Gasteiger partial charge in [-0.15, -0.1) is 0 Å². The first kappa shape index (κ1) is 9.51. The molecule has 15 heavy (non-hydrogen) atoms. The Balaban J connectivity index is 1.96. The van der Waals surface area contributed by atoms with Gasteiger partial charge in [0.2, 0.25) is 0 Å². The number of carbonyl (C=O) groups is 1. The van der Waals surface area contributed by atoms with Crippen molar-refractivity contribution in [2.24, 2.45) is 0 Å². The average molecular weight is 205 g/mol. The standard InChI is InChI=1S/C10H11N3O2/c14-10(15)9-1-3-12(7-9)5-6-13-4-2-11-8-13/h1-4,7-8H,5-6H2,(H,14,15). The summed E-state index contributed by atoms with van der Waals surface area (Å²) < 4.78 is 3.80. The van der Waals surface area contributed by atoms with Crippen molar-refractivity contribution in [1.29, 1.82) is 0 Å². The molecule has 0 bridgehead atoms. The molecule has 0 aliphatic heterocycles. The van der Waals surface area contributed by atoms with Crippen molar-refractivity contribution in [2.45, 2.75) is 13.1 Å². The van der Waals surface area contributed by atoms with Crippen molar-refractivity contribution >= 4 is 5.97 Å². The number of rotatable bonds is 4. The van der Waals surface area contributed by atoms with E-state index in [2.05, 4.69) is 4.98 Å².